The maximum Gasteiger partial charge on any atom is 0.0246 e. The molecule has 2 heteroatoms. The van der Waals surface area contributed by atoms with E-state index in [4.69, 9.17) is 5.73 Å². The average molecular weight is 252 g/mol. The van der Waals surface area contributed by atoms with Crippen molar-refractivity contribution in [2.24, 2.45) is 23.0 Å². The summed E-state index contributed by atoms with van der Waals surface area (Å²) in [4.78, 5) is 2.72. The predicted molar refractivity (Wildman–Crippen MR) is 78.6 cm³/mol. The standard InChI is InChI=1S/C16H32N2/c1-16(2,3)14-8-5-10-18(11-9-14)15(12-17)13-6-4-7-13/h13-15H,4-12,17H2,1-3H3. The molecule has 1 aliphatic carbocycles. The Morgan fingerprint density at radius 2 is 1.78 bits per heavy atom. The van der Waals surface area contributed by atoms with E-state index in [1.165, 1.54) is 51.6 Å². The molecular formula is C16H32N2. The second-order valence-electron chi connectivity index (χ2n) is 7.52. The second-order valence-corrected chi connectivity index (χ2v) is 7.52. The highest BCUT2D eigenvalue weighted by Gasteiger charge is 2.33. The zero-order valence-electron chi connectivity index (χ0n) is 12.6. The van der Waals surface area contributed by atoms with Crippen LogP contribution in [0.5, 0.6) is 0 Å². The van der Waals surface area contributed by atoms with E-state index in [9.17, 15) is 0 Å². The molecule has 2 atom stereocenters. The van der Waals surface area contributed by atoms with Gasteiger partial charge in [0.25, 0.3) is 0 Å². The van der Waals surface area contributed by atoms with Gasteiger partial charge < -0.3 is 5.73 Å². The molecule has 0 aromatic heterocycles. The molecule has 0 aromatic carbocycles. The quantitative estimate of drug-likeness (QED) is 0.835. The molecule has 0 amide bonds. The molecule has 2 nitrogen and oxygen atoms in total. The third-order valence-electron chi connectivity index (χ3n) is 5.39. The Labute approximate surface area is 113 Å². The average Bonchev–Trinajstić information content (AvgIpc) is 2.47. The SMILES string of the molecule is CC(C)(C)C1CCCN(C(CN)C2CCC2)CC1. The van der Waals surface area contributed by atoms with Crippen LogP contribution in [0.15, 0.2) is 0 Å². The zero-order chi connectivity index (χ0) is 13.2. The normalized spacial score (nSPS) is 29.7. The minimum atomic E-state index is 0.477. The molecule has 0 aromatic rings. The molecule has 18 heavy (non-hydrogen) atoms. The van der Waals surface area contributed by atoms with Crippen LogP contribution in [-0.2, 0) is 0 Å². The van der Waals surface area contributed by atoms with Gasteiger partial charge in [0.15, 0.2) is 0 Å². The van der Waals surface area contributed by atoms with Gasteiger partial charge in [-0.15, -0.1) is 0 Å². The van der Waals surface area contributed by atoms with E-state index in [0.717, 1.165) is 18.4 Å². The van der Waals surface area contributed by atoms with Crippen molar-refractivity contribution in [3.63, 3.8) is 0 Å². The van der Waals surface area contributed by atoms with Gasteiger partial charge >= 0.3 is 0 Å². The Bertz CT molecular complexity index is 252. The molecule has 2 rings (SSSR count). The van der Waals surface area contributed by atoms with Crippen LogP contribution in [0.4, 0.5) is 0 Å². The van der Waals surface area contributed by atoms with E-state index >= 15 is 0 Å². The van der Waals surface area contributed by atoms with Gasteiger partial charge in [-0.2, -0.15) is 0 Å². The highest BCUT2D eigenvalue weighted by molar-refractivity contribution is 4.88. The Hall–Kier alpha value is -0.0800. The van der Waals surface area contributed by atoms with Gasteiger partial charge in [0.05, 0.1) is 0 Å². The lowest BCUT2D eigenvalue weighted by molar-refractivity contribution is 0.0998. The van der Waals surface area contributed by atoms with Crippen LogP contribution < -0.4 is 5.73 Å². The van der Waals surface area contributed by atoms with Crippen LogP contribution in [0.3, 0.4) is 0 Å². The monoisotopic (exact) mass is 252 g/mol. The Morgan fingerprint density at radius 3 is 2.28 bits per heavy atom. The molecule has 0 bridgehead atoms. The van der Waals surface area contributed by atoms with Crippen molar-refractivity contribution >= 4 is 0 Å². The molecule has 1 aliphatic heterocycles. The zero-order valence-corrected chi connectivity index (χ0v) is 12.6. The number of nitrogens with zero attached hydrogens (tertiary/aromatic N) is 1. The first kappa shape index (κ1) is 14.3. The van der Waals surface area contributed by atoms with Crippen molar-refractivity contribution in [2.75, 3.05) is 19.6 Å². The Balaban J connectivity index is 1.91. The fourth-order valence-electron chi connectivity index (χ4n) is 3.78. The number of hydrogen-bond donors (Lipinski definition) is 1. The maximum atomic E-state index is 6.04. The van der Waals surface area contributed by atoms with Crippen LogP contribution in [0, 0.1) is 17.3 Å². The summed E-state index contributed by atoms with van der Waals surface area (Å²) < 4.78 is 0. The Kier molecular flexibility index (Phi) is 4.71. The van der Waals surface area contributed by atoms with Gasteiger partial charge in [0.1, 0.15) is 0 Å². The van der Waals surface area contributed by atoms with E-state index in [2.05, 4.69) is 25.7 Å². The summed E-state index contributed by atoms with van der Waals surface area (Å²) in [6, 6.07) is 0.678. The number of rotatable bonds is 3. The molecule has 2 unspecified atom stereocenters. The van der Waals surface area contributed by atoms with E-state index in [-0.39, 0.29) is 0 Å². The molecule has 1 saturated heterocycles. The number of likely N-dealkylation sites (tertiary alicyclic amines) is 1. The topological polar surface area (TPSA) is 29.3 Å². The number of nitrogens with two attached hydrogens (primary N) is 1. The van der Waals surface area contributed by atoms with Crippen molar-refractivity contribution in [2.45, 2.75) is 65.3 Å². The second kappa shape index (κ2) is 5.92. The van der Waals surface area contributed by atoms with E-state index in [1.807, 2.05) is 0 Å². The summed E-state index contributed by atoms with van der Waals surface area (Å²) in [6.45, 7) is 10.6. The third-order valence-corrected chi connectivity index (χ3v) is 5.39. The third kappa shape index (κ3) is 3.27. The summed E-state index contributed by atoms with van der Waals surface area (Å²) in [5.74, 6) is 1.79. The van der Waals surface area contributed by atoms with Crippen molar-refractivity contribution in [1.29, 1.82) is 0 Å². The molecule has 106 valence electrons. The largest absolute Gasteiger partial charge is 0.329 e. The van der Waals surface area contributed by atoms with Crippen LogP contribution in [0.1, 0.15) is 59.3 Å². The van der Waals surface area contributed by atoms with Crippen LogP contribution in [0.25, 0.3) is 0 Å². The van der Waals surface area contributed by atoms with Gasteiger partial charge in [-0.05, 0) is 62.4 Å². The molecule has 2 aliphatic rings. The smallest absolute Gasteiger partial charge is 0.0246 e. The van der Waals surface area contributed by atoms with Crippen molar-refractivity contribution < 1.29 is 0 Å². The first-order valence-electron chi connectivity index (χ1n) is 7.96. The van der Waals surface area contributed by atoms with Crippen LogP contribution in [-0.4, -0.2) is 30.6 Å². The lowest BCUT2D eigenvalue weighted by atomic mass is 9.76. The van der Waals surface area contributed by atoms with E-state index in [0.29, 0.717) is 11.5 Å². The van der Waals surface area contributed by atoms with E-state index in [1.54, 1.807) is 0 Å². The molecular weight excluding hydrogens is 220 g/mol. The molecule has 0 spiro atoms. The predicted octanol–water partition coefficient (Wildman–Crippen LogP) is 3.26. The summed E-state index contributed by atoms with van der Waals surface area (Å²) in [6.07, 6.45) is 8.40. The molecule has 1 saturated carbocycles. The summed E-state index contributed by atoms with van der Waals surface area (Å²) in [5, 5.41) is 0. The highest BCUT2D eigenvalue weighted by atomic mass is 15.2. The summed E-state index contributed by atoms with van der Waals surface area (Å²) in [5.41, 5.74) is 6.52. The van der Waals surface area contributed by atoms with E-state index < -0.39 is 0 Å². The minimum absolute atomic E-state index is 0.477. The van der Waals surface area contributed by atoms with Crippen molar-refractivity contribution in [3.8, 4) is 0 Å². The number of hydrogen-bond acceptors (Lipinski definition) is 2. The highest BCUT2D eigenvalue weighted by Crippen LogP contribution is 2.37. The van der Waals surface area contributed by atoms with Gasteiger partial charge in [-0.1, -0.05) is 27.2 Å². The van der Waals surface area contributed by atoms with Gasteiger partial charge in [0.2, 0.25) is 0 Å². The molecule has 2 N–H and O–H groups in total. The van der Waals surface area contributed by atoms with Crippen LogP contribution in [0.2, 0.25) is 0 Å². The maximum absolute atomic E-state index is 6.04. The first-order chi connectivity index (χ1) is 8.52. The molecule has 0 radical (unpaired) electrons. The molecule has 2 fully saturated rings. The molecule has 1 heterocycles. The fourth-order valence-corrected chi connectivity index (χ4v) is 3.78. The fraction of sp³-hybridized carbons (Fsp3) is 1.00. The van der Waals surface area contributed by atoms with Crippen molar-refractivity contribution in [1.82, 2.24) is 4.90 Å². The Morgan fingerprint density at radius 1 is 1.06 bits per heavy atom. The van der Waals surface area contributed by atoms with Gasteiger partial charge in [-0.25, -0.2) is 0 Å². The minimum Gasteiger partial charge on any atom is -0.329 e. The van der Waals surface area contributed by atoms with Gasteiger partial charge in [-0.3, -0.25) is 4.90 Å². The van der Waals surface area contributed by atoms with Crippen LogP contribution >= 0.6 is 0 Å². The summed E-state index contributed by atoms with van der Waals surface area (Å²) >= 11 is 0. The summed E-state index contributed by atoms with van der Waals surface area (Å²) in [7, 11) is 0. The lowest BCUT2D eigenvalue weighted by Crippen LogP contribution is -2.48. The first-order valence-corrected chi connectivity index (χ1v) is 7.96. The lowest BCUT2D eigenvalue weighted by Gasteiger charge is -2.40. The van der Waals surface area contributed by atoms with Crippen molar-refractivity contribution in [3.05, 3.63) is 0 Å². The van der Waals surface area contributed by atoms with Gasteiger partial charge in [0, 0.05) is 12.6 Å².